The van der Waals surface area contributed by atoms with Crippen molar-refractivity contribution in [3.63, 3.8) is 0 Å². The van der Waals surface area contributed by atoms with Gasteiger partial charge in [-0.25, -0.2) is 0 Å². The molecule has 0 atom stereocenters. The first-order chi connectivity index (χ1) is 6.72. The lowest BCUT2D eigenvalue weighted by atomic mass is 10.1. The van der Waals surface area contributed by atoms with E-state index in [4.69, 9.17) is 0 Å². The zero-order valence-corrected chi connectivity index (χ0v) is 8.11. The minimum Gasteiger partial charge on any atom is -0.336 e. The van der Waals surface area contributed by atoms with Crippen LogP contribution in [-0.2, 0) is 9.59 Å². The highest BCUT2D eigenvalue weighted by Gasteiger charge is 2.37. The van der Waals surface area contributed by atoms with Gasteiger partial charge in [0.05, 0.1) is 6.04 Å². The fraction of sp³-hybridized carbons (Fsp3) is 0.600. The van der Waals surface area contributed by atoms with Gasteiger partial charge < -0.3 is 9.80 Å². The highest BCUT2D eigenvalue weighted by Crippen LogP contribution is 2.21. The fourth-order valence-electron chi connectivity index (χ4n) is 2.02. The van der Waals surface area contributed by atoms with Gasteiger partial charge in [-0.05, 0) is 12.5 Å². The molecule has 0 aromatic carbocycles. The van der Waals surface area contributed by atoms with E-state index in [1.807, 2.05) is 4.90 Å². The van der Waals surface area contributed by atoms with E-state index in [-0.39, 0.29) is 17.9 Å². The minimum absolute atomic E-state index is 0.0344. The summed E-state index contributed by atoms with van der Waals surface area (Å²) in [4.78, 5) is 26.1. The summed E-state index contributed by atoms with van der Waals surface area (Å²) in [7, 11) is 0. The van der Waals surface area contributed by atoms with Crippen LogP contribution in [0.5, 0.6) is 0 Å². The van der Waals surface area contributed by atoms with Gasteiger partial charge in [-0.1, -0.05) is 6.58 Å². The van der Waals surface area contributed by atoms with Gasteiger partial charge in [0.15, 0.2) is 0 Å². The van der Waals surface area contributed by atoms with Crippen LogP contribution in [0.1, 0.15) is 12.8 Å². The van der Waals surface area contributed by atoms with Crippen molar-refractivity contribution in [3.05, 3.63) is 12.7 Å². The third kappa shape index (κ3) is 1.41. The molecular formula is C10H14N2O2. The van der Waals surface area contributed by atoms with Crippen LogP contribution >= 0.6 is 0 Å². The molecule has 2 aliphatic heterocycles. The van der Waals surface area contributed by atoms with Gasteiger partial charge in [-0.2, -0.15) is 0 Å². The zero-order valence-electron chi connectivity index (χ0n) is 8.11. The van der Waals surface area contributed by atoms with Crippen LogP contribution in [0.4, 0.5) is 0 Å². The lowest BCUT2D eigenvalue weighted by Crippen LogP contribution is -2.60. The number of rotatable bonds is 2. The van der Waals surface area contributed by atoms with Crippen molar-refractivity contribution >= 4 is 11.8 Å². The van der Waals surface area contributed by atoms with Crippen molar-refractivity contribution < 1.29 is 9.59 Å². The number of hydrogen-bond donors (Lipinski definition) is 0. The molecule has 2 fully saturated rings. The molecule has 2 saturated heterocycles. The Morgan fingerprint density at radius 2 is 2.21 bits per heavy atom. The first-order valence-electron chi connectivity index (χ1n) is 4.93. The maximum absolute atomic E-state index is 11.4. The van der Waals surface area contributed by atoms with Crippen LogP contribution in [0, 0.1) is 0 Å². The predicted octanol–water partition coefficient (Wildman–Crippen LogP) is 0.00560. The van der Waals surface area contributed by atoms with E-state index in [2.05, 4.69) is 6.58 Å². The Bertz CT molecular complexity index is 282. The monoisotopic (exact) mass is 194 g/mol. The van der Waals surface area contributed by atoms with Gasteiger partial charge in [0.1, 0.15) is 0 Å². The quantitative estimate of drug-likeness (QED) is 0.581. The number of nitrogens with zero attached hydrogens (tertiary/aromatic N) is 2. The summed E-state index contributed by atoms with van der Waals surface area (Å²) in [5.41, 5.74) is 0. The molecule has 0 N–H and O–H groups in total. The summed E-state index contributed by atoms with van der Waals surface area (Å²) in [5.74, 6) is 0.202. The predicted molar refractivity (Wildman–Crippen MR) is 51.5 cm³/mol. The standard InChI is InChI=1S/C10H14N2O2/c1-2-9(13)11-6-8(7-11)12-5-3-4-10(12)14/h2,8H,1,3-7H2. The smallest absolute Gasteiger partial charge is 0.246 e. The van der Waals surface area contributed by atoms with Gasteiger partial charge in [0.2, 0.25) is 11.8 Å². The van der Waals surface area contributed by atoms with E-state index in [9.17, 15) is 9.59 Å². The largest absolute Gasteiger partial charge is 0.336 e. The minimum atomic E-state index is -0.0344. The van der Waals surface area contributed by atoms with Crippen molar-refractivity contribution in [2.75, 3.05) is 19.6 Å². The SMILES string of the molecule is C=CC(=O)N1CC(N2CCCC2=O)C1. The molecule has 2 heterocycles. The van der Waals surface area contributed by atoms with Crippen molar-refractivity contribution in [1.29, 1.82) is 0 Å². The summed E-state index contributed by atoms with van der Waals surface area (Å²) in [5, 5.41) is 0. The van der Waals surface area contributed by atoms with E-state index in [0.29, 0.717) is 19.5 Å². The van der Waals surface area contributed by atoms with Crippen LogP contribution < -0.4 is 0 Å². The molecule has 4 nitrogen and oxygen atoms in total. The Labute approximate surface area is 83.2 Å². The number of hydrogen-bond acceptors (Lipinski definition) is 2. The van der Waals surface area contributed by atoms with Crippen LogP contribution in [-0.4, -0.2) is 47.3 Å². The number of amides is 2. The number of carbonyl (C=O) groups excluding carboxylic acids is 2. The van der Waals surface area contributed by atoms with E-state index in [1.165, 1.54) is 6.08 Å². The molecule has 0 aliphatic carbocycles. The second kappa shape index (κ2) is 3.44. The number of likely N-dealkylation sites (tertiary alicyclic amines) is 2. The Morgan fingerprint density at radius 3 is 2.71 bits per heavy atom. The highest BCUT2D eigenvalue weighted by molar-refractivity contribution is 5.88. The Hall–Kier alpha value is -1.32. The van der Waals surface area contributed by atoms with Crippen LogP contribution in [0.25, 0.3) is 0 Å². The zero-order chi connectivity index (χ0) is 10.1. The second-order valence-corrected chi connectivity index (χ2v) is 3.79. The summed E-state index contributed by atoms with van der Waals surface area (Å²) in [6, 6.07) is 0.258. The summed E-state index contributed by atoms with van der Waals surface area (Å²) in [6.45, 7) is 5.64. The molecule has 2 rings (SSSR count). The lowest BCUT2D eigenvalue weighted by molar-refractivity contribution is -0.140. The van der Waals surface area contributed by atoms with Crippen molar-refractivity contribution in [3.8, 4) is 0 Å². The Balaban J connectivity index is 1.85. The average molecular weight is 194 g/mol. The molecule has 14 heavy (non-hydrogen) atoms. The first-order valence-corrected chi connectivity index (χ1v) is 4.93. The average Bonchev–Trinajstić information content (AvgIpc) is 2.49. The molecule has 0 bridgehead atoms. The molecule has 4 heteroatoms. The Kier molecular flexibility index (Phi) is 2.27. The van der Waals surface area contributed by atoms with Crippen LogP contribution in [0.3, 0.4) is 0 Å². The van der Waals surface area contributed by atoms with E-state index in [0.717, 1.165) is 13.0 Å². The van der Waals surface area contributed by atoms with Crippen molar-refractivity contribution in [2.24, 2.45) is 0 Å². The van der Waals surface area contributed by atoms with Crippen LogP contribution in [0.15, 0.2) is 12.7 Å². The molecule has 76 valence electrons. The van der Waals surface area contributed by atoms with Crippen molar-refractivity contribution in [2.45, 2.75) is 18.9 Å². The normalized spacial score (nSPS) is 22.4. The molecule has 0 aromatic heterocycles. The summed E-state index contributed by atoms with van der Waals surface area (Å²) < 4.78 is 0. The molecule has 0 unspecified atom stereocenters. The molecule has 2 aliphatic rings. The molecule has 0 radical (unpaired) electrons. The third-order valence-electron chi connectivity index (χ3n) is 2.90. The first kappa shape index (κ1) is 9.24. The van der Waals surface area contributed by atoms with Gasteiger partial charge in [-0.3, -0.25) is 9.59 Å². The third-order valence-corrected chi connectivity index (χ3v) is 2.90. The molecular weight excluding hydrogens is 180 g/mol. The van der Waals surface area contributed by atoms with E-state index < -0.39 is 0 Å². The van der Waals surface area contributed by atoms with E-state index in [1.54, 1.807) is 4.90 Å². The molecule has 0 saturated carbocycles. The highest BCUT2D eigenvalue weighted by atomic mass is 16.2. The fourth-order valence-corrected chi connectivity index (χ4v) is 2.02. The molecule has 2 amide bonds. The van der Waals surface area contributed by atoms with Crippen LogP contribution in [0.2, 0.25) is 0 Å². The van der Waals surface area contributed by atoms with Crippen molar-refractivity contribution in [1.82, 2.24) is 9.80 Å². The van der Waals surface area contributed by atoms with Gasteiger partial charge in [-0.15, -0.1) is 0 Å². The summed E-state index contributed by atoms with van der Waals surface area (Å²) in [6.07, 6.45) is 2.96. The van der Waals surface area contributed by atoms with Gasteiger partial charge >= 0.3 is 0 Å². The van der Waals surface area contributed by atoms with Gasteiger partial charge in [0, 0.05) is 26.1 Å². The Morgan fingerprint density at radius 1 is 1.50 bits per heavy atom. The number of carbonyl (C=O) groups is 2. The second-order valence-electron chi connectivity index (χ2n) is 3.79. The topological polar surface area (TPSA) is 40.6 Å². The van der Waals surface area contributed by atoms with Gasteiger partial charge in [0.25, 0.3) is 0 Å². The summed E-state index contributed by atoms with van der Waals surface area (Å²) >= 11 is 0. The molecule has 0 aromatic rings. The lowest BCUT2D eigenvalue weighted by Gasteiger charge is -2.43. The van der Waals surface area contributed by atoms with E-state index >= 15 is 0 Å². The maximum atomic E-state index is 11.4. The molecule has 0 spiro atoms. The maximum Gasteiger partial charge on any atom is 0.246 e.